The monoisotopic (exact) mass is 250 g/mol. The van der Waals surface area contributed by atoms with Gasteiger partial charge in [-0.3, -0.25) is 4.79 Å². The highest BCUT2D eigenvalue weighted by atomic mass is 16.3. The Balaban J connectivity index is 2.25. The zero-order valence-electron chi connectivity index (χ0n) is 10.9. The van der Waals surface area contributed by atoms with E-state index in [9.17, 15) is 9.90 Å². The number of hydrogen-bond acceptors (Lipinski definition) is 3. The van der Waals surface area contributed by atoms with Crippen molar-refractivity contribution in [2.45, 2.75) is 38.7 Å². The Morgan fingerprint density at radius 1 is 1.50 bits per heavy atom. The molecule has 0 aliphatic carbocycles. The minimum Gasteiger partial charge on any atom is -0.399 e. The van der Waals surface area contributed by atoms with E-state index in [4.69, 9.17) is 5.73 Å². The molecule has 0 spiro atoms. The molecule has 0 saturated heterocycles. The Morgan fingerprint density at radius 2 is 2.28 bits per heavy atom. The van der Waals surface area contributed by atoms with E-state index in [2.05, 4.69) is 5.32 Å². The lowest BCUT2D eigenvalue weighted by atomic mass is 10.1. The number of nitrogen functional groups attached to an aromatic ring is 1. The summed E-state index contributed by atoms with van der Waals surface area (Å²) in [6, 6.07) is 7.53. The fourth-order valence-electron chi connectivity index (χ4n) is 1.76. The molecule has 0 aliphatic rings. The van der Waals surface area contributed by atoms with Crippen LogP contribution in [0.25, 0.3) is 0 Å². The van der Waals surface area contributed by atoms with E-state index in [0.717, 1.165) is 18.4 Å². The Bertz CT molecular complexity index is 380. The van der Waals surface area contributed by atoms with Crippen LogP contribution in [0.1, 0.15) is 31.7 Å². The summed E-state index contributed by atoms with van der Waals surface area (Å²) in [5.41, 5.74) is 7.43. The summed E-state index contributed by atoms with van der Waals surface area (Å²) in [5, 5.41) is 12.2. The van der Waals surface area contributed by atoms with Gasteiger partial charge in [0, 0.05) is 18.7 Å². The summed E-state index contributed by atoms with van der Waals surface area (Å²) in [5.74, 6) is -0.0347. The number of carbonyl (C=O) groups excluding carboxylic acids is 1. The smallest absolute Gasteiger partial charge is 0.220 e. The van der Waals surface area contributed by atoms with Gasteiger partial charge in [0.25, 0.3) is 0 Å². The highest BCUT2D eigenvalue weighted by Crippen LogP contribution is 2.08. The number of carbonyl (C=O) groups is 1. The Morgan fingerprint density at radius 3 is 2.94 bits per heavy atom. The van der Waals surface area contributed by atoms with Gasteiger partial charge in [0.05, 0.1) is 6.10 Å². The van der Waals surface area contributed by atoms with Crippen molar-refractivity contribution in [3.05, 3.63) is 29.8 Å². The number of nitrogens with two attached hydrogens (primary N) is 1. The molecule has 1 atom stereocenters. The maximum Gasteiger partial charge on any atom is 0.220 e. The number of nitrogens with one attached hydrogen (secondary N) is 1. The van der Waals surface area contributed by atoms with Crippen LogP contribution in [0.4, 0.5) is 5.69 Å². The van der Waals surface area contributed by atoms with Crippen LogP contribution in [0.5, 0.6) is 0 Å². The SMILES string of the molecule is CCCC(O)CNC(=O)CCc1cccc(N)c1. The van der Waals surface area contributed by atoms with Crippen LogP contribution < -0.4 is 11.1 Å². The topological polar surface area (TPSA) is 75.3 Å². The normalized spacial score (nSPS) is 12.1. The number of aliphatic hydroxyl groups is 1. The van der Waals surface area contributed by atoms with Crippen molar-refractivity contribution in [2.24, 2.45) is 0 Å². The molecule has 100 valence electrons. The van der Waals surface area contributed by atoms with Crippen molar-refractivity contribution in [2.75, 3.05) is 12.3 Å². The van der Waals surface area contributed by atoms with Gasteiger partial charge >= 0.3 is 0 Å². The molecule has 0 fully saturated rings. The summed E-state index contributed by atoms with van der Waals surface area (Å²) >= 11 is 0. The molecular formula is C14H22N2O2. The fraction of sp³-hybridized carbons (Fsp3) is 0.500. The highest BCUT2D eigenvalue weighted by Gasteiger charge is 2.06. The van der Waals surface area contributed by atoms with E-state index in [1.165, 1.54) is 0 Å². The van der Waals surface area contributed by atoms with E-state index < -0.39 is 6.10 Å². The van der Waals surface area contributed by atoms with Crippen LogP contribution in [0.2, 0.25) is 0 Å². The molecular weight excluding hydrogens is 228 g/mol. The largest absolute Gasteiger partial charge is 0.399 e. The van der Waals surface area contributed by atoms with Crippen LogP contribution >= 0.6 is 0 Å². The van der Waals surface area contributed by atoms with E-state index in [0.29, 0.717) is 25.1 Å². The third-order valence-corrected chi connectivity index (χ3v) is 2.75. The van der Waals surface area contributed by atoms with Gasteiger partial charge in [0.2, 0.25) is 5.91 Å². The first-order chi connectivity index (χ1) is 8.61. The lowest BCUT2D eigenvalue weighted by molar-refractivity contribution is -0.121. The average molecular weight is 250 g/mol. The van der Waals surface area contributed by atoms with Crippen LogP contribution in [-0.2, 0) is 11.2 Å². The first kappa shape index (κ1) is 14.5. The molecule has 4 N–H and O–H groups in total. The van der Waals surface area contributed by atoms with Crippen molar-refractivity contribution in [1.29, 1.82) is 0 Å². The molecule has 1 amide bonds. The Hall–Kier alpha value is -1.55. The highest BCUT2D eigenvalue weighted by molar-refractivity contribution is 5.76. The molecule has 1 unspecified atom stereocenters. The quantitative estimate of drug-likeness (QED) is 0.642. The molecule has 1 aromatic rings. The lowest BCUT2D eigenvalue weighted by Gasteiger charge is -2.10. The van der Waals surface area contributed by atoms with Gasteiger partial charge in [-0.15, -0.1) is 0 Å². The standard InChI is InChI=1S/C14H22N2O2/c1-2-4-13(17)10-16-14(18)8-7-11-5-3-6-12(15)9-11/h3,5-6,9,13,17H,2,4,7-8,10,15H2,1H3,(H,16,18). The van der Waals surface area contributed by atoms with Crippen LogP contribution in [0.3, 0.4) is 0 Å². The van der Waals surface area contributed by atoms with E-state index in [1.807, 2.05) is 31.2 Å². The van der Waals surface area contributed by atoms with Gasteiger partial charge in [-0.05, 0) is 30.5 Å². The summed E-state index contributed by atoms with van der Waals surface area (Å²) in [6.07, 6.45) is 2.28. The number of benzene rings is 1. The zero-order valence-corrected chi connectivity index (χ0v) is 10.9. The molecule has 0 heterocycles. The van der Waals surface area contributed by atoms with Crippen LogP contribution in [0, 0.1) is 0 Å². The maximum atomic E-state index is 11.6. The third kappa shape index (κ3) is 5.68. The first-order valence-corrected chi connectivity index (χ1v) is 6.41. The van der Waals surface area contributed by atoms with Crippen molar-refractivity contribution < 1.29 is 9.90 Å². The Labute approximate surface area is 108 Å². The number of aliphatic hydroxyl groups excluding tert-OH is 1. The minimum absolute atomic E-state index is 0.0347. The van der Waals surface area contributed by atoms with Crippen molar-refractivity contribution >= 4 is 11.6 Å². The summed E-state index contributed by atoms with van der Waals surface area (Å²) in [6.45, 7) is 2.34. The van der Waals surface area contributed by atoms with E-state index in [-0.39, 0.29) is 5.91 Å². The molecule has 0 aliphatic heterocycles. The van der Waals surface area contributed by atoms with Crippen molar-refractivity contribution in [1.82, 2.24) is 5.32 Å². The van der Waals surface area contributed by atoms with Crippen molar-refractivity contribution in [3.63, 3.8) is 0 Å². The molecule has 4 nitrogen and oxygen atoms in total. The van der Waals surface area contributed by atoms with Gasteiger partial charge in [0.1, 0.15) is 0 Å². The third-order valence-electron chi connectivity index (χ3n) is 2.75. The maximum absolute atomic E-state index is 11.6. The van der Waals surface area contributed by atoms with E-state index >= 15 is 0 Å². The number of rotatable bonds is 7. The number of hydrogen-bond donors (Lipinski definition) is 3. The zero-order chi connectivity index (χ0) is 13.4. The van der Waals surface area contributed by atoms with Gasteiger partial charge in [-0.25, -0.2) is 0 Å². The van der Waals surface area contributed by atoms with Gasteiger partial charge in [-0.2, -0.15) is 0 Å². The molecule has 0 aromatic heterocycles. The second-order valence-electron chi connectivity index (χ2n) is 4.49. The predicted octanol–water partition coefficient (Wildman–Crippen LogP) is 1.48. The molecule has 4 heteroatoms. The van der Waals surface area contributed by atoms with Gasteiger partial charge < -0.3 is 16.2 Å². The minimum atomic E-state index is -0.439. The Kier molecular flexibility index (Phi) is 6.22. The number of amides is 1. The van der Waals surface area contributed by atoms with Crippen molar-refractivity contribution in [3.8, 4) is 0 Å². The van der Waals surface area contributed by atoms with E-state index in [1.54, 1.807) is 0 Å². The summed E-state index contributed by atoms with van der Waals surface area (Å²) in [7, 11) is 0. The summed E-state index contributed by atoms with van der Waals surface area (Å²) in [4.78, 5) is 11.6. The molecule has 0 bridgehead atoms. The lowest BCUT2D eigenvalue weighted by Crippen LogP contribution is -2.32. The second kappa shape index (κ2) is 7.71. The molecule has 18 heavy (non-hydrogen) atoms. The molecule has 1 rings (SSSR count). The van der Waals surface area contributed by atoms with Crippen LogP contribution in [-0.4, -0.2) is 23.7 Å². The predicted molar refractivity (Wildman–Crippen MR) is 73.1 cm³/mol. The van der Waals surface area contributed by atoms with Gasteiger partial charge in [-0.1, -0.05) is 25.5 Å². The average Bonchev–Trinajstić information content (AvgIpc) is 2.34. The fourth-order valence-corrected chi connectivity index (χ4v) is 1.76. The number of anilines is 1. The van der Waals surface area contributed by atoms with Crippen LogP contribution in [0.15, 0.2) is 24.3 Å². The van der Waals surface area contributed by atoms with Gasteiger partial charge in [0.15, 0.2) is 0 Å². The molecule has 1 aromatic carbocycles. The second-order valence-corrected chi connectivity index (χ2v) is 4.49. The first-order valence-electron chi connectivity index (χ1n) is 6.41. The molecule has 0 saturated carbocycles. The molecule has 0 radical (unpaired) electrons. The number of aryl methyl sites for hydroxylation is 1. The summed E-state index contributed by atoms with van der Waals surface area (Å²) < 4.78 is 0.